The van der Waals surface area contributed by atoms with E-state index >= 15 is 4.79 Å². The Labute approximate surface area is 373 Å². The highest BCUT2D eigenvalue weighted by Gasteiger charge is 2.36. The number of aromatic nitrogens is 6. The number of carbonyl (C=O) groups is 2. The van der Waals surface area contributed by atoms with E-state index in [1.54, 1.807) is 28.7 Å². The maximum Gasteiger partial charge on any atom is 0.266 e. The third-order valence-electron chi connectivity index (χ3n) is 13.1. The summed E-state index contributed by atoms with van der Waals surface area (Å²) >= 11 is 0. The van der Waals surface area contributed by atoms with Crippen LogP contribution in [0.2, 0.25) is 0 Å². The molecule has 0 N–H and O–H groups in total. The van der Waals surface area contributed by atoms with Gasteiger partial charge in [-0.25, -0.2) is 19.9 Å². The number of anilines is 1. The summed E-state index contributed by atoms with van der Waals surface area (Å²) in [6.45, 7) is 0. The van der Waals surface area contributed by atoms with Crippen molar-refractivity contribution in [2.24, 2.45) is 0 Å². The van der Waals surface area contributed by atoms with E-state index in [0.717, 1.165) is 55.3 Å². The van der Waals surface area contributed by atoms with E-state index in [0.29, 0.717) is 66.7 Å². The van der Waals surface area contributed by atoms with Gasteiger partial charge in [0, 0.05) is 60.6 Å². The molecule has 66 heavy (non-hydrogen) atoms. The van der Waals surface area contributed by atoms with Crippen molar-refractivity contribution in [2.75, 3.05) is 4.90 Å². The number of pyridine rings is 1. The Hall–Kier alpha value is -9.28. The molecule has 0 saturated carbocycles. The van der Waals surface area contributed by atoms with Crippen molar-refractivity contribution in [3.63, 3.8) is 0 Å². The molecule has 0 atom stereocenters. The van der Waals surface area contributed by atoms with Crippen molar-refractivity contribution in [1.82, 2.24) is 28.5 Å². The van der Waals surface area contributed by atoms with Crippen LogP contribution in [0.3, 0.4) is 0 Å². The molecule has 0 saturated heterocycles. The van der Waals surface area contributed by atoms with Gasteiger partial charge in [-0.05, 0) is 96.4 Å². The summed E-state index contributed by atoms with van der Waals surface area (Å²) in [6, 6.07) is 60.7. The summed E-state index contributed by atoms with van der Waals surface area (Å²) in [5.74, 6) is 0.446. The Morgan fingerprint density at radius 1 is 0.379 bits per heavy atom. The molecular formula is C56H31N7O3. The molecule has 4 aromatic heterocycles. The van der Waals surface area contributed by atoms with Gasteiger partial charge in [0.2, 0.25) is 0 Å². The van der Waals surface area contributed by atoms with Gasteiger partial charge in [-0.2, -0.15) is 0 Å². The quantitative estimate of drug-likeness (QED) is 0.160. The maximum atomic E-state index is 15.2. The minimum absolute atomic E-state index is 0.313. The molecule has 0 unspecified atom stereocenters. The van der Waals surface area contributed by atoms with E-state index in [1.165, 1.54) is 4.90 Å². The molecule has 9 aromatic carbocycles. The molecule has 0 spiro atoms. The van der Waals surface area contributed by atoms with E-state index in [2.05, 4.69) is 45.5 Å². The summed E-state index contributed by atoms with van der Waals surface area (Å²) in [5, 5.41) is 3.72. The molecule has 308 valence electrons. The van der Waals surface area contributed by atoms with Gasteiger partial charge in [-0.1, -0.05) is 97.1 Å². The summed E-state index contributed by atoms with van der Waals surface area (Å²) in [5.41, 5.74) is 9.28. The second-order valence-electron chi connectivity index (χ2n) is 16.7. The summed E-state index contributed by atoms with van der Waals surface area (Å²) in [4.78, 5) is 61.5. The first-order valence-corrected chi connectivity index (χ1v) is 21.7. The highest BCUT2D eigenvalue weighted by Crippen LogP contribution is 2.43. The highest BCUT2D eigenvalue weighted by molar-refractivity contribution is 6.39. The van der Waals surface area contributed by atoms with Gasteiger partial charge in [0.15, 0.2) is 0 Å². The number of carbonyl (C=O) groups excluding carboxylic acids is 2. The largest absolute Gasteiger partial charge is 0.292 e. The van der Waals surface area contributed by atoms with E-state index in [4.69, 9.17) is 15.0 Å². The Balaban J connectivity index is 1.07. The van der Waals surface area contributed by atoms with E-state index in [9.17, 15) is 9.59 Å². The van der Waals surface area contributed by atoms with Gasteiger partial charge >= 0.3 is 0 Å². The first-order valence-electron chi connectivity index (χ1n) is 21.7. The minimum Gasteiger partial charge on any atom is -0.292 e. The van der Waals surface area contributed by atoms with Crippen LogP contribution >= 0.6 is 0 Å². The van der Waals surface area contributed by atoms with Crippen LogP contribution in [-0.4, -0.2) is 40.3 Å². The molecular weight excluding hydrogens is 819 g/mol. The number of para-hydroxylation sites is 6. The van der Waals surface area contributed by atoms with Crippen LogP contribution in [0.1, 0.15) is 20.7 Å². The van der Waals surface area contributed by atoms with Crippen LogP contribution < -0.4 is 10.5 Å². The third-order valence-corrected chi connectivity index (χ3v) is 13.1. The number of benzene rings is 9. The molecule has 1 aliphatic rings. The number of fused-ring (bicyclic) bond motifs is 7. The van der Waals surface area contributed by atoms with Crippen LogP contribution in [0.15, 0.2) is 193 Å². The molecule has 10 heteroatoms. The van der Waals surface area contributed by atoms with Crippen LogP contribution in [-0.2, 0) is 0 Å². The van der Waals surface area contributed by atoms with E-state index in [-0.39, 0.29) is 5.56 Å². The third kappa shape index (κ3) is 4.89. The fourth-order valence-electron chi connectivity index (χ4n) is 10.3. The van der Waals surface area contributed by atoms with Crippen molar-refractivity contribution in [1.29, 1.82) is 0 Å². The maximum absolute atomic E-state index is 15.2. The SMILES string of the molecule is O=C1c2ccc3c(=O)n4c5cc(-c6nc7ccccc7n6-c6ccccc6)c(-c6nc7ccccc7n6-c6ccccc6)cc5nc4c4ccc(c2c34)C(=O)N1c1cccc2ccccc12. The lowest BCUT2D eigenvalue weighted by Crippen LogP contribution is -2.40. The highest BCUT2D eigenvalue weighted by atomic mass is 16.2. The molecule has 1 aliphatic heterocycles. The second-order valence-corrected chi connectivity index (χ2v) is 16.7. The molecule has 0 fully saturated rings. The molecule has 0 aliphatic carbocycles. The average Bonchev–Trinajstić information content (AvgIpc) is 4.07. The minimum atomic E-state index is -0.448. The van der Waals surface area contributed by atoms with E-state index in [1.807, 2.05) is 127 Å². The lowest BCUT2D eigenvalue weighted by atomic mass is 9.89. The molecule has 5 heterocycles. The first kappa shape index (κ1) is 36.2. The van der Waals surface area contributed by atoms with Gasteiger partial charge in [-0.15, -0.1) is 0 Å². The Morgan fingerprint density at radius 2 is 0.924 bits per heavy atom. The smallest absolute Gasteiger partial charge is 0.266 e. The second kappa shape index (κ2) is 13.4. The number of nitrogens with zero attached hydrogens (tertiary/aromatic N) is 7. The number of hydrogen-bond acceptors (Lipinski definition) is 6. The normalized spacial score (nSPS) is 12.9. The van der Waals surface area contributed by atoms with Crippen molar-refractivity contribution in [3.05, 3.63) is 210 Å². The lowest BCUT2D eigenvalue weighted by molar-refractivity contribution is 0.0894. The van der Waals surface area contributed by atoms with Crippen LogP contribution in [0, 0.1) is 0 Å². The van der Waals surface area contributed by atoms with Gasteiger partial charge in [0.1, 0.15) is 17.3 Å². The van der Waals surface area contributed by atoms with Gasteiger partial charge in [0.25, 0.3) is 17.4 Å². The molecule has 13 aromatic rings. The van der Waals surface area contributed by atoms with Crippen molar-refractivity contribution >= 4 is 88.6 Å². The summed E-state index contributed by atoms with van der Waals surface area (Å²) in [6.07, 6.45) is 0. The zero-order chi connectivity index (χ0) is 43.8. The Morgan fingerprint density at radius 3 is 1.58 bits per heavy atom. The number of imidazole rings is 3. The van der Waals surface area contributed by atoms with E-state index < -0.39 is 11.8 Å². The molecule has 0 radical (unpaired) electrons. The first-order chi connectivity index (χ1) is 32.5. The van der Waals surface area contributed by atoms with Crippen molar-refractivity contribution < 1.29 is 9.59 Å². The van der Waals surface area contributed by atoms with Crippen LogP contribution in [0.25, 0.3) is 105 Å². The lowest BCUT2D eigenvalue weighted by Gasteiger charge is -2.28. The zero-order valence-corrected chi connectivity index (χ0v) is 34.8. The molecule has 14 rings (SSSR count). The molecule has 2 amide bonds. The Bertz CT molecular complexity index is 4280. The fourth-order valence-corrected chi connectivity index (χ4v) is 10.3. The van der Waals surface area contributed by atoms with Gasteiger partial charge in [-0.3, -0.25) is 27.9 Å². The van der Waals surface area contributed by atoms with Gasteiger partial charge < -0.3 is 0 Å². The average molecular weight is 850 g/mol. The number of rotatable bonds is 5. The predicted octanol–water partition coefficient (Wildman–Crippen LogP) is 11.6. The topological polar surface area (TPSA) is 107 Å². The monoisotopic (exact) mass is 849 g/mol. The fraction of sp³-hybridized carbons (Fsp3) is 0. The van der Waals surface area contributed by atoms with Gasteiger partial charge in [0.05, 0.1) is 38.8 Å². The van der Waals surface area contributed by atoms with Crippen molar-refractivity contribution in [3.8, 4) is 34.2 Å². The number of imide groups is 1. The summed E-state index contributed by atoms with van der Waals surface area (Å²) < 4.78 is 5.97. The predicted molar refractivity (Wildman–Crippen MR) is 260 cm³/mol. The standard InChI is InChI=1S/C56H31N7O3/c64-54-37-28-29-39-50-38(55(65)63(56(39)66)45-25-13-15-32-14-7-8-20-35(32)45)27-26-36(49(37)50)51-59-44-30-40(52-57-42-21-9-11-23-46(42)60(52)33-16-3-1-4-17-33)41(31-48(44)62(51)54)53-58-43-22-10-12-24-47(43)61(53)34-18-5-2-6-19-34/h1-31H. The van der Waals surface area contributed by atoms with Crippen LogP contribution in [0.4, 0.5) is 5.69 Å². The summed E-state index contributed by atoms with van der Waals surface area (Å²) in [7, 11) is 0. The van der Waals surface area contributed by atoms with Crippen molar-refractivity contribution in [2.45, 2.75) is 0 Å². The molecule has 0 bridgehead atoms. The number of amides is 2. The number of hydrogen-bond donors (Lipinski definition) is 0. The molecule has 10 nitrogen and oxygen atoms in total. The Kier molecular flexibility index (Phi) is 7.34. The van der Waals surface area contributed by atoms with Crippen LogP contribution in [0.5, 0.6) is 0 Å². The zero-order valence-electron chi connectivity index (χ0n) is 34.8.